The lowest BCUT2D eigenvalue weighted by Gasteiger charge is -2.21. The van der Waals surface area contributed by atoms with Gasteiger partial charge in [-0.15, -0.1) is 0 Å². The highest BCUT2D eigenvalue weighted by molar-refractivity contribution is 5.93. The lowest BCUT2D eigenvalue weighted by Crippen LogP contribution is -2.28. The summed E-state index contributed by atoms with van der Waals surface area (Å²) in [5, 5.41) is 11.5. The highest BCUT2D eigenvalue weighted by Gasteiger charge is 2.21. The van der Waals surface area contributed by atoms with Crippen molar-refractivity contribution >= 4 is 23.6 Å². The Morgan fingerprint density at radius 2 is 2.05 bits per heavy atom. The first kappa shape index (κ1) is 15.3. The number of carbonyl (C=O) groups is 2. The highest BCUT2D eigenvalue weighted by Crippen LogP contribution is 2.20. The number of anilines is 1. The van der Waals surface area contributed by atoms with Crippen LogP contribution < -0.4 is 5.32 Å². The second kappa shape index (κ2) is 7.04. The molecule has 1 aromatic carbocycles. The normalized spacial score (nSPS) is 16.0. The quantitative estimate of drug-likeness (QED) is 0.835. The van der Waals surface area contributed by atoms with Crippen LogP contribution in [0, 0.1) is 12.8 Å². The Kier molecular flexibility index (Phi) is 5.11. The minimum atomic E-state index is -0.980. The molecular formula is C16H19NO4. The Hall–Kier alpha value is -2.14. The third-order valence-electron chi connectivity index (χ3n) is 3.53. The van der Waals surface area contributed by atoms with Crippen molar-refractivity contribution in [2.24, 2.45) is 5.92 Å². The van der Waals surface area contributed by atoms with Crippen LogP contribution in [-0.2, 0) is 14.3 Å². The number of benzene rings is 1. The molecule has 0 aromatic heterocycles. The van der Waals surface area contributed by atoms with Gasteiger partial charge in [-0.2, -0.15) is 0 Å². The molecule has 1 fully saturated rings. The molecule has 1 aromatic rings. The first-order chi connectivity index (χ1) is 10.1. The van der Waals surface area contributed by atoms with Crippen LogP contribution in [0.25, 0.3) is 6.08 Å². The monoisotopic (exact) mass is 289 g/mol. The zero-order valence-electron chi connectivity index (χ0n) is 12.0. The molecule has 21 heavy (non-hydrogen) atoms. The number of carbonyl (C=O) groups excluding carboxylic acids is 1. The number of carboxylic acids is 1. The van der Waals surface area contributed by atoms with E-state index >= 15 is 0 Å². The average molecular weight is 289 g/mol. The zero-order valence-corrected chi connectivity index (χ0v) is 12.0. The van der Waals surface area contributed by atoms with Crippen molar-refractivity contribution in [1.29, 1.82) is 0 Å². The predicted molar refractivity (Wildman–Crippen MR) is 80.0 cm³/mol. The number of rotatable bonds is 4. The Morgan fingerprint density at radius 3 is 2.67 bits per heavy atom. The van der Waals surface area contributed by atoms with E-state index in [1.807, 2.05) is 13.0 Å². The third kappa shape index (κ3) is 4.43. The molecule has 0 radical (unpaired) electrons. The Balaban J connectivity index is 2.02. The Bertz CT molecular complexity index is 559. The topological polar surface area (TPSA) is 75.6 Å². The molecule has 1 amide bonds. The largest absolute Gasteiger partial charge is 0.478 e. The van der Waals surface area contributed by atoms with E-state index in [1.54, 1.807) is 18.2 Å². The summed E-state index contributed by atoms with van der Waals surface area (Å²) in [4.78, 5) is 22.6. The fourth-order valence-electron chi connectivity index (χ4n) is 2.31. The molecule has 5 nitrogen and oxygen atoms in total. The van der Waals surface area contributed by atoms with E-state index in [1.165, 1.54) is 0 Å². The second-order valence-electron chi connectivity index (χ2n) is 5.12. The number of amides is 1. The van der Waals surface area contributed by atoms with E-state index in [9.17, 15) is 9.59 Å². The summed E-state index contributed by atoms with van der Waals surface area (Å²) in [7, 11) is 0. The molecule has 0 saturated carbocycles. The van der Waals surface area contributed by atoms with Crippen LogP contribution in [0.4, 0.5) is 5.69 Å². The van der Waals surface area contributed by atoms with Gasteiger partial charge in [0.05, 0.1) is 0 Å². The van der Waals surface area contributed by atoms with Gasteiger partial charge < -0.3 is 15.2 Å². The number of aliphatic carboxylic acids is 1. The molecule has 2 N–H and O–H groups in total. The summed E-state index contributed by atoms with van der Waals surface area (Å²) in [6, 6.07) is 5.43. The number of ether oxygens (including phenoxy) is 1. The van der Waals surface area contributed by atoms with E-state index in [0.29, 0.717) is 13.2 Å². The van der Waals surface area contributed by atoms with Crippen LogP contribution >= 0.6 is 0 Å². The minimum Gasteiger partial charge on any atom is -0.478 e. The van der Waals surface area contributed by atoms with Gasteiger partial charge in [0, 0.05) is 30.9 Å². The molecule has 0 bridgehead atoms. The number of nitrogens with one attached hydrogen (secondary N) is 1. The van der Waals surface area contributed by atoms with E-state index in [2.05, 4.69) is 5.32 Å². The van der Waals surface area contributed by atoms with Gasteiger partial charge in [-0.25, -0.2) is 4.79 Å². The van der Waals surface area contributed by atoms with Gasteiger partial charge in [-0.1, -0.05) is 6.07 Å². The zero-order chi connectivity index (χ0) is 15.2. The van der Waals surface area contributed by atoms with E-state index < -0.39 is 5.97 Å². The molecule has 1 aliphatic heterocycles. The van der Waals surface area contributed by atoms with Gasteiger partial charge in [-0.3, -0.25) is 4.79 Å². The molecule has 112 valence electrons. The summed E-state index contributed by atoms with van der Waals surface area (Å²) in [5.41, 5.74) is 2.47. The molecule has 0 atom stereocenters. The lowest BCUT2D eigenvalue weighted by atomic mass is 9.99. The van der Waals surface area contributed by atoms with Crippen LogP contribution in [0.1, 0.15) is 24.0 Å². The Labute approximate surface area is 123 Å². The predicted octanol–water partition coefficient (Wildman–Crippen LogP) is 2.46. The maximum Gasteiger partial charge on any atom is 0.328 e. The number of aryl methyl sites for hydroxylation is 1. The van der Waals surface area contributed by atoms with Crippen LogP contribution in [0.2, 0.25) is 0 Å². The lowest BCUT2D eigenvalue weighted by molar-refractivity contribution is -0.131. The summed E-state index contributed by atoms with van der Waals surface area (Å²) in [5.74, 6) is -0.955. The molecule has 5 heteroatoms. The SMILES string of the molecule is Cc1cc(NC(=O)C2CCOCC2)ccc1C=CC(=O)O. The number of hydrogen-bond donors (Lipinski definition) is 2. The maximum atomic E-state index is 12.1. The van der Waals surface area contributed by atoms with Gasteiger partial charge in [0.25, 0.3) is 0 Å². The third-order valence-corrected chi connectivity index (χ3v) is 3.53. The van der Waals surface area contributed by atoms with E-state index in [0.717, 1.165) is 35.7 Å². The summed E-state index contributed by atoms with van der Waals surface area (Å²) >= 11 is 0. The molecular weight excluding hydrogens is 270 g/mol. The molecule has 0 aliphatic carbocycles. The standard InChI is InChI=1S/C16H19NO4/c1-11-10-14(4-2-12(11)3-5-15(18)19)17-16(20)13-6-8-21-9-7-13/h2-5,10,13H,6-9H2,1H3,(H,17,20)(H,18,19). The molecule has 1 heterocycles. The van der Waals surface area contributed by atoms with Crippen molar-refractivity contribution in [3.05, 3.63) is 35.4 Å². The van der Waals surface area contributed by atoms with Crippen molar-refractivity contribution < 1.29 is 19.4 Å². The number of carboxylic acid groups (broad SMARTS) is 1. The van der Waals surface area contributed by atoms with Crippen molar-refractivity contribution in [3.8, 4) is 0 Å². The molecule has 1 aliphatic rings. The first-order valence-electron chi connectivity index (χ1n) is 6.96. The van der Waals surface area contributed by atoms with Gasteiger partial charge in [-0.05, 0) is 49.1 Å². The van der Waals surface area contributed by atoms with E-state index in [4.69, 9.17) is 9.84 Å². The van der Waals surface area contributed by atoms with Crippen LogP contribution in [0.5, 0.6) is 0 Å². The first-order valence-corrected chi connectivity index (χ1v) is 6.96. The van der Waals surface area contributed by atoms with E-state index in [-0.39, 0.29) is 11.8 Å². The minimum absolute atomic E-state index is 0.00522. The smallest absolute Gasteiger partial charge is 0.328 e. The van der Waals surface area contributed by atoms with Gasteiger partial charge in [0.1, 0.15) is 0 Å². The average Bonchev–Trinajstić information content (AvgIpc) is 2.47. The maximum absolute atomic E-state index is 12.1. The fraction of sp³-hybridized carbons (Fsp3) is 0.375. The van der Waals surface area contributed by atoms with Crippen molar-refractivity contribution in [2.75, 3.05) is 18.5 Å². The molecule has 0 unspecified atom stereocenters. The van der Waals surface area contributed by atoms with Gasteiger partial charge in [0.15, 0.2) is 0 Å². The van der Waals surface area contributed by atoms with Crippen LogP contribution in [-0.4, -0.2) is 30.2 Å². The summed E-state index contributed by atoms with van der Waals surface area (Å²) < 4.78 is 5.25. The number of hydrogen-bond acceptors (Lipinski definition) is 3. The van der Waals surface area contributed by atoms with Crippen LogP contribution in [0.15, 0.2) is 24.3 Å². The van der Waals surface area contributed by atoms with Crippen LogP contribution in [0.3, 0.4) is 0 Å². The van der Waals surface area contributed by atoms with Gasteiger partial charge >= 0.3 is 5.97 Å². The summed E-state index contributed by atoms with van der Waals surface area (Å²) in [6.45, 7) is 3.15. The molecule has 2 rings (SSSR count). The van der Waals surface area contributed by atoms with Crippen molar-refractivity contribution in [3.63, 3.8) is 0 Å². The molecule has 1 saturated heterocycles. The second-order valence-corrected chi connectivity index (χ2v) is 5.12. The highest BCUT2D eigenvalue weighted by atomic mass is 16.5. The van der Waals surface area contributed by atoms with Gasteiger partial charge in [0.2, 0.25) is 5.91 Å². The summed E-state index contributed by atoms with van der Waals surface area (Å²) in [6.07, 6.45) is 4.15. The van der Waals surface area contributed by atoms with Crippen molar-refractivity contribution in [2.45, 2.75) is 19.8 Å². The Morgan fingerprint density at radius 1 is 1.33 bits per heavy atom. The fourth-order valence-corrected chi connectivity index (χ4v) is 2.31. The molecule has 0 spiro atoms. The van der Waals surface area contributed by atoms with Crippen molar-refractivity contribution in [1.82, 2.24) is 0 Å².